The van der Waals surface area contributed by atoms with Crippen LogP contribution in [0, 0.1) is 0 Å². The van der Waals surface area contributed by atoms with Crippen LogP contribution in [0.5, 0.6) is 11.5 Å². The first-order valence-electron chi connectivity index (χ1n) is 9.28. The first-order valence-corrected chi connectivity index (χ1v) is 9.28. The number of anilines is 1. The predicted molar refractivity (Wildman–Crippen MR) is 114 cm³/mol. The lowest BCUT2D eigenvalue weighted by atomic mass is 10.2. The molecule has 0 unspecified atom stereocenters. The Morgan fingerprint density at radius 3 is 2.48 bits per heavy atom. The average Bonchev–Trinajstić information content (AvgIpc) is 2.74. The molecule has 3 aromatic carbocycles. The molecule has 0 bridgehead atoms. The molecule has 1 amide bonds. The zero-order valence-electron chi connectivity index (χ0n) is 16.2. The third-order valence-electron chi connectivity index (χ3n) is 4.06. The number of carbonyl (C=O) groups is 1. The molecule has 0 heterocycles. The van der Waals surface area contributed by atoms with Gasteiger partial charge in [-0.25, -0.2) is 5.43 Å². The number of nitrogens with two attached hydrogens (primary N) is 1. The van der Waals surface area contributed by atoms with Crippen LogP contribution in [0.2, 0.25) is 0 Å². The second-order valence-corrected chi connectivity index (χ2v) is 6.23. The van der Waals surface area contributed by atoms with Crippen molar-refractivity contribution in [1.82, 2.24) is 5.43 Å². The van der Waals surface area contributed by atoms with E-state index in [0.717, 1.165) is 11.1 Å². The molecule has 0 atom stereocenters. The topological polar surface area (TPSA) is 85.9 Å². The molecule has 0 aliphatic rings. The molecule has 0 saturated heterocycles. The molecule has 3 N–H and O–H groups in total. The molecule has 0 spiro atoms. The van der Waals surface area contributed by atoms with Crippen LogP contribution in [0.1, 0.15) is 28.4 Å². The van der Waals surface area contributed by atoms with E-state index in [4.69, 9.17) is 15.2 Å². The Bertz CT molecular complexity index is 970. The lowest BCUT2D eigenvalue weighted by Gasteiger charge is -2.12. The van der Waals surface area contributed by atoms with Crippen molar-refractivity contribution in [3.63, 3.8) is 0 Å². The number of ether oxygens (including phenoxy) is 2. The fourth-order valence-electron chi connectivity index (χ4n) is 2.59. The number of nitrogens with zero attached hydrogens (tertiary/aromatic N) is 1. The summed E-state index contributed by atoms with van der Waals surface area (Å²) in [7, 11) is 0. The van der Waals surface area contributed by atoms with E-state index in [-0.39, 0.29) is 5.91 Å². The van der Waals surface area contributed by atoms with Crippen LogP contribution < -0.4 is 20.6 Å². The predicted octanol–water partition coefficient (Wildman–Crippen LogP) is 4.01. The summed E-state index contributed by atoms with van der Waals surface area (Å²) in [5, 5.41) is 4.01. The molecule has 6 nitrogen and oxygen atoms in total. The average molecular weight is 389 g/mol. The summed E-state index contributed by atoms with van der Waals surface area (Å²) in [5.41, 5.74) is 11.1. The standard InChI is InChI=1S/C23H23N3O3/c1-2-28-22-14-18(8-13-21(22)29-16-17-6-4-3-5-7-17)15-25-26-23(27)19-9-11-20(24)12-10-19/h3-15H,2,16,24H2,1H3,(H,26,27)/b25-15+. The van der Waals surface area contributed by atoms with Crippen LogP contribution >= 0.6 is 0 Å². The van der Waals surface area contributed by atoms with E-state index in [9.17, 15) is 4.79 Å². The SMILES string of the molecule is CCOc1cc(/C=N/NC(=O)c2ccc(N)cc2)ccc1OCc1ccccc1. The molecular formula is C23H23N3O3. The molecule has 0 aliphatic heterocycles. The number of amides is 1. The van der Waals surface area contributed by atoms with Gasteiger partial charge < -0.3 is 15.2 Å². The van der Waals surface area contributed by atoms with Gasteiger partial charge in [-0.1, -0.05) is 30.3 Å². The number of benzene rings is 3. The molecule has 148 valence electrons. The lowest BCUT2D eigenvalue weighted by molar-refractivity contribution is 0.0955. The van der Waals surface area contributed by atoms with Gasteiger partial charge in [0.1, 0.15) is 6.61 Å². The number of nitrogens with one attached hydrogen (secondary N) is 1. The maximum Gasteiger partial charge on any atom is 0.271 e. The summed E-state index contributed by atoms with van der Waals surface area (Å²) in [6.45, 7) is 2.87. The largest absolute Gasteiger partial charge is 0.490 e. The Balaban J connectivity index is 1.64. The van der Waals surface area contributed by atoms with Crippen LogP contribution in [0.15, 0.2) is 77.9 Å². The van der Waals surface area contributed by atoms with Gasteiger partial charge in [0.15, 0.2) is 11.5 Å². The van der Waals surface area contributed by atoms with Crippen molar-refractivity contribution in [2.45, 2.75) is 13.5 Å². The van der Waals surface area contributed by atoms with E-state index >= 15 is 0 Å². The van der Waals surface area contributed by atoms with Crippen molar-refractivity contribution < 1.29 is 14.3 Å². The zero-order valence-corrected chi connectivity index (χ0v) is 16.2. The Hall–Kier alpha value is -3.80. The van der Waals surface area contributed by atoms with Crippen molar-refractivity contribution in [2.75, 3.05) is 12.3 Å². The first kappa shape index (κ1) is 19.9. The second kappa shape index (κ2) is 9.94. The van der Waals surface area contributed by atoms with Crippen LogP contribution in [0.25, 0.3) is 0 Å². The minimum Gasteiger partial charge on any atom is -0.490 e. The Morgan fingerprint density at radius 2 is 1.76 bits per heavy atom. The Morgan fingerprint density at radius 1 is 1.00 bits per heavy atom. The minimum absolute atomic E-state index is 0.311. The smallest absolute Gasteiger partial charge is 0.271 e. The summed E-state index contributed by atoms with van der Waals surface area (Å²) >= 11 is 0. The van der Waals surface area contributed by atoms with E-state index < -0.39 is 0 Å². The van der Waals surface area contributed by atoms with Gasteiger partial charge in [0, 0.05) is 11.3 Å². The number of nitrogen functional groups attached to an aromatic ring is 1. The number of hydrogen-bond donors (Lipinski definition) is 2. The first-order chi connectivity index (χ1) is 14.2. The van der Waals surface area contributed by atoms with Gasteiger partial charge >= 0.3 is 0 Å². The highest BCUT2D eigenvalue weighted by atomic mass is 16.5. The fraction of sp³-hybridized carbons (Fsp3) is 0.130. The van der Waals surface area contributed by atoms with Crippen LogP contribution in [-0.4, -0.2) is 18.7 Å². The summed E-state index contributed by atoms with van der Waals surface area (Å²) in [6, 6.07) is 22.1. The number of hydrazone groups is 1. The second-order valence-electron chi connectivity index (χ2n) is 6.23. The number of rotatable bonds is 8. The highest BCUT2D eigenvalue weighted by molar-refractivity contribution is 5.95. The van der Waals surface area contributed by atoms with Gasteiger partial charge in [-0.15, -0.1) is 0 Å². The van der Waals surface area contributed by atoms with E-state index in [1.807, 2.05) is 55.5 Å². The van der Waals surface area contributed by atoms with Gasteiger partial charge in [-0.2, -0.15) is 5.10 Å². The van der Waals surface area contributed by atoms with Crippen LogP contribution in [0.3, 0.4) is 0 Å². The number of carbonyl (C=O) groups excluding carboxylic acids is 1. The van der Waals surface area contributed by atoms with Crippen molar-refractivity contribution in [1.29, 1.82) is 0 Å². The van der Waals surface area contributed by atoms with Gasteiger partial charge in [0.05, 0.1) is 12.8 Å². The fourth-order valence-corrected chi connectivity index (χ4v) is 2.59. The van der Waals surface area contributed by atoms with E-state index in [2.05, 4.69) is 10.5 Å². The van der Waals surface area contributed by atoms with Crippen molar-refractivity contribution in [3.05, 3.63) is 89.5 Å². The Kier molecular flexibility index (Phi) is 6.84. The third-order valence-corrected chi connectivity index (χ3v) is 4.06. The highest BCUT2D eigenvalue weighted by Crippen LogP contribution is 2.28. The summed E-state index contributed by atoms with van der Waals surface area (Å²) in [5.74, 6) is 0.963. The molecule has 3 rings (SSSR count). The van der Waals surface area contributed by atoms with E-state index in [0.29, 0.717) is 36.0 Å². The molecular weight excluding hydrogens is 366 g/mol. The normalized spacial score (nSPS) is 10.7. The quantitative estimate of drug-likeness (QED) is 0.346. The molecule has 0 saturated carbocycles. The van der Waals surface area contributed by atoms with Crippen LogP contribution in [0.4, 0.5) is 5.69 Å². The lowest BCUT2D eigenvalue weighted by Crippen LogP contribution is -2.17. The molecule has 3 aromatic rings. The summed E-state index contributed by atoms with van der Waals surface area (Å²) in [6.07, 6.45) is 1.55. The maximum absolute atomic E-state index is 12.1. The summed E-state index contributed by atoms with van der Waals surface area (Å²) in [4.78, 5) is 12.1. The molecule has 6 heteroatoms. The van der Waals surface area contributed by atoms with Gasteiger partial charge in [0.25, 0.3) is 5.91 Å². The zero-order chi connectivity index (χ0) is 20.5. The minimum atomic E-state index is -0.311. The van der Waals surface area contributed by atoms with Gasteiger partial charge in [-0.05, 0) is 60.5 Å². The third kappa shape index (κ3) is 5.84. The molecule has 0 radical (unpaired) electrons. The molecule has 0 aliphatic carbocycles. The Labute approximate surface area is 170 Å². The molecule has 29 heavy (non-hydrogen) atoms. The number of hydrogen-bond acceptors (Lipinski definition) is 5. The van der Waals surface area contributed by atoms with Gasteiger partial charge in [0.2, 0.25) is 0 Å². The summed E-state index contributed by atoms with van der Waals surface area (Å²) < 4.78 is 11.6. The van der Waals surface area contributed by atoms with E-state index in [1.165, 1.54) is 0 Å². The van der Waals surface area contributed by atoms with Crippen molar-refractivity contribution >= 4 is 17.8 Å². The molecule has 0 fully saturated rings. The van der Waals surface area contributed by atoms with Crippen LogP contribution in [-0.2, 0) is 6.61 Å². The van der Waals surface area contributed by atoms with Crippen molar-refractivity contribution in [3.8, 4) is 11.5 Å². The molecule has 0 aromatic heterocycles. The van der Waals surface area contributed by atoms with E-state index in [1.54, 1.807) is 30.5 Å². The monoisotopic (exact) mass is 389 g/mol. The van der Waals surface area contributed by atoms with Gasteiger partial charge in [-0.3, -0.25) is 4.79 Å². The highest BCUT2D eigenvalue weighted by Gasteiger charge is 2.07. The maximum atomic E-state index is 12.1. The van der Waals surface area contributed by atoms with Crippen molar-refractivity contribution in [2.24, 2.45) is 5.10 Å².